The van der Waals surface area contributed by atoms with Crippen LogP contribution in [-0.2, 0) is 0 Å². The number of hydrogen-bond donors (Lipinski definition) is 4. The molecule has 0 aromatic rings. The lowest BCUT2D eigenvalue weighted by Gasteiger charge is -2.42. The van der Waals surface area contributed by atoms with Gasteiger partial charge in [0, 0.05) is 18.0 Å². The van der Waals surface area contributed by atoms with Crippen LogP contribution in [0, 0.1) is 5.92 Å². The van der Waals surface area contributed by atoms with Crippen LogP contribution >= 0.6 is 0 Å². The topological polar surface area (TPSA) is 72.7 Å². The van der Waals surface area contributed by atoms with E-state index in [0.717, 1.165) is 0 Å². The van der Waals surface area contributed by atoms with Gasteiger partial charge >= 0.3 is 6.18 Å². The van der Waals surface area contributed by atoms with Crippen molar-refractivity contribution in [3.8, 4) is 0 Å². The lowest BCUT2D eigenvalue weighted by Crippen LogP contribution is -2.63. The van der Waals surface area contributed by atoms with Gasteiger partial charge in [0.2, 0.25) is 0 Å². The zero-order valence-corrected chi connectivity index (χ0v) is 8.41. The molecule has 1 spiro atoms. The molecule has 2 aliphatic rings. The van der Waals surface area contributed by atoms with Crippen LogP contribution in [-0.4, -0.2) is 51.9 Å². The number of rotatable bonds is 1. The molecule has 4 N–H and O–H groups in total. The summed E-state index contributed by atoms with van der Waals surface area (Å²) in [5.74, 6) is -1.39. The third-order valence-electron chi connectivity index (χ3n) is 3.53. The molecule has 1 saturated carbocycles. The van der Waals surface area contributed by atoms with E-state index in [1.807, 2.05) is 0 Å². The van der Waals surface area contributed by atoms with Gasteiger partial charge in [-0.05, 0) is 12.8 Å². The molecule has 1 aliphatic heterocycles. The minimum absolute atomic E-state index is 0.0578. The molecule has 0 amide bonds. The second kappa shape index (κ2) is 3.56. The highest BCUT2D eigenvalue weighted by Gasteiger charge is 2.63. The third-order valence-corrected chi connectivity index (χ3v) is 3.53. The summed E-state index contributed by atoms with van der Waals surface area (Å²) in [6, 6.07) is 0. The molecule has 7 heteroatoms. The standard InChI is InChI=1S/C9H14F3NO3/c10-9(11,12)7(16)5-6(15)4(14)3-13-8(5)1-2-8/h4-7,13-16H,1-3H2. The van der Waals surface area contributed by atoms with Gasteiger partial charge in [-0.3, -0.25) is 0 Å². The molecule has 2 fully saturated rings. The first kappa shape index (κ1) is 12.1. The molecule has 1 saturated heterocycles. The summed E-state index contributed by atoms with van der Waals surface area (Å²) < 4.78 is 37.3. The quantitative estimate of drug-likeness (QED) is 0.494. The zero-order valence-electron chi connectivity index (χ0n) is 8.41. The maximum absolute atomic E-state index is 12.4. The number of alkyl halides is 3. The maximum atomic E-state index is 12.4. The normalized spacial score (nSPS) is 39.8. The number of piperidine rings is 1. The highest BCUT2D eigenvalue weighted by atomic mass is 19.4. The molecule has 2 rings (SSSR count). The van der Waals surface area contributed by atoms with Crippen LogP contribution in [0.4, 0.5) is 13.2 Å². The van der Waals surface area contributed by atoms with Crippen LogP contribution in [0.2, 0.25) is 0 Å². The maximum Gasteiger partial charge on any atom is 0.414 e. The van der Waals surface area contributed by atoms with Crippen molar-refractivity contribution >= 4 is 0 Å². The molecular weight excluding hydrogens is 227 g/mol. The van der Waals surface area contributed by atoms with Crippen molar-refractivity contribution in [2.24, 2.45) is 5.92 Å². The van der Waals surface area contributed by atoms with E-state index < -0.39 is 35.9 Å². The largest absolute Gasteiger partial charge is 0.414 e. The Hall–Kier alpha value is -0.370. The minimum atomic E-state index is -4.78. The number of aliphatic hydroxyl groups excluding tert-OH is 3. The van der Waals surface area contributed by atoms with Crippen LogP contribution in [0.1, 0.15) is 12.8 Å². The van der Waals surface area contributed by atoms with Gasteiger partial charge in [0.25, 0.3) is 0 Å². The lowest BCUT2D eigenvalue weighted by molar-refractivity contribution is -0.243. The Morgan fingerprint density at radius 3 is 2.25 bits per heavy atom. The second-order valence-electron chi connectivity index (χ2n) is 4.61. The van der Waals surface area contributed by atoms with Gasteiger partial charge in [0.05, 0.1) is 12.2 Å². The fourth-order valence-electron chi connectivity index (χ4n) is 2.45. The van der Waals surface area contributed by atoms with E-state index in [0.29, 0.717) is 12.8 Å². The van der Waals surface area contributed by atoms with E-state index in [1.54, 1.807) is 0 Å². The second-order valence-corrected chi connectivity index (χ2v) is 4.61. The van der Waals surface area contributed by atoms with Gasteiger partial charge in [-0.2, -0.15) is 13.2 Å². The SMILES string of the molecule is OC1CNC2(CC2)C(C(O)C(F)(F)F)C1O. The molecule has 0 bridgehead atoms. The molecular formula is C9H14F3NO3. The first-order valence-electron chi connectivity index (χ1n) is 5.14. The highest BCUT2D eigenvalue weighted by Crippen LogP contribution is 2.50. The van der Waals surface area contributed by atoms with E-state index in [-0.39, 0.29) is 6.54 Å². The van der Waals surface area contributed by atoms with Crippen molar-refractivity contribution in [2.45, 2.75) is 42.9 Å². The Kier molecular flexibility index (Phi) is 2.69. The van der Waals surface area contributed by atoms with Gasteiger partial charge in [-0.15, -0.1) is 0 Å². The molecule has 4 unspecified atom stereocenters. The van der Waals surface area contributed by atoms with E-state index in [1.165, 1.54) is 0 Å². The Morgan fingerprint density at radius 1 is 1.25 bits per heavy atom. The van der Waals surface area contributed by atoms with Gasteiger partial charge in [0.1, 0.15) is 0 Å². The molecule has 0 radical (unpaired) electrons. The van der Waals surface area contributed by atoms with Gasteiger partial charge in [-0.25, -0.2) is 0 Å². The van der Waals surface area contributed by atoms with Crippen LogP contribution in [0.5, 0.6) is 0 Å². The van der Waals surface area contributed by atoms with Crippen molar-refractivity contribution in [2.75, 3.05) is 6.54 Å². The Morgan fingerprint density at radius 2 is 1.81 bits per heavy atom. The lowest BCUT2D eigenvalue weighted by atomic mass is 9.80. The summed E-state index contributed by atoms with van der Waals surface area (Å²) in [5, 5.41) is 30.9. The fraction of sp³-hybridized carbons (Fsp3) is 1.00. The van der Waals surface area contributed by atoms with Crippen LogP contribution < -0.4 is 5.32 Å². The molecule has 4 atom stereocenters. The Labute approximate surface area is 90.1 Å². The molecule has 0 aromatic heterocycles. The van der Waals surface area contributed by atoms with Gasteiger partial charge < -0.3 is 20.6 Å². The van der Waals surface area contributed by atoms with E-state index in [9.17, 15) is 28.5 Å². The smallest absolute Gasteiger partial charge is 0.390 e. The molecule has 4 nitrogen and oxygen atoms in total. The summed E-state index contributed by atoms with van der Waals surface area (Å²) in [7, 11) is 0. The molecule has 1 aliphatic carbocycles. The summed E-state index contributed by atoms with van der Waals surface area (Å²) in [6.45, 7) is 0.0578. The fourth-order valence-corrected chi connectivity index (χ4v) is 2.45. The average Bonchev–Trinajstić information content (AvgIpc) is 2.92. The van der Waals surface area contributed by atoms with Gasteiger partial charge in [-0.1, -0.05) is 0 Å². The predicted octanol–water partition coefficient (Wildman–Crippen LogP) is -0.617. The Bertz CT molecular complexity index is 280. The molecule has 1 heterocycles. The van der Waals surface area contributed by atoms with Crippen LogP contribution in [0.3, 0.4) is 0 Å². The zero-order chi connectivity index (χ0) is 12.1. The molecule has 0 aromatic carbocycles. The summed E-state index contributed by atoms with van der Waals surface area (Å²) >= 11 is 0. The predicted molar refractivity (Wildman–Crippen MR) is 47.5 cm³/mol. The van der Waals surface area contributed by atoms with Crippen LogP contribution in [0.25, 0.3) is 0 Å². The van der Waals surface area contributed by atoms with Crippen molar-refractivity contribution in [3.05, 3.63) is 0 Å². The van der Waals surface area contributed by atoms with Gasteiger partial charge in [0.15, 0.2) is 6.10 Å². The summed E-state index contributed by atoms with van der Waals surface area (Å²) in [4.78, 5) is 0. The minimum Gasteiger partial charge on any atom is -0.390 e. The highest BCUT2D eigenvalue weighted by molar-refractivity contribution is 5.15. The van der Waals surface area contributed by atoms with Crippen molar-refractivity contribution in [1.29, 1.82) is 0 Å². The first-order valence-corrected chi connectivity index (χ1v) is 5.14. The number of β-amino-alcohol motifs (C(OH)–C–C–N with tert-alkyl or cyclic N) is 1. The first-order chi connectivity index (χ1) is 7.28. The van der Waals surface area contributed by atoms with Crippen molar-refractivity contribution in [1.82, 2.24) is 5.32 Å². The average molecular weight is 241 g/mol. The monoisotopic (exact) mass is 241 g/mol. The van der Waals surface area contributed by atoms with E-state index in [4.69, 9.17) is 0 Å². The van der Waals surface area contributed by atoms with Crippen molar-refractivity contribution < 1.29 is 28.5 Å². The molecule has 16 heavy (non-hydrogen) atoms. The van der Waals surface area contributed by atoms with E-state index in [2.05, 4.69) is 5.32 Å². The van der Waals surface area contributed by atoms with Crippen LogP contribution in [0.15, 0.2) is 0 Å². The number of aliphatic hydroxyl groups is 3. The number of nitrogens with one attached hydrogen (secondary N) is 1. The summed E-state index contributed by atoms with van der Waals surface area (Å²) in [5.41, 5.74) is -0.854. The number of hydrogen-bond acceptors (Lipinski definition) is 4. The number of halogens is 3. The van der Waals surface area contributed by atoms with Crippen molar-refractivity contribution in [3.63, 3.8) is 0 Å². The molecule has 94 valence electrons. The summed E-state index contributed by atoms with van der Waals surface area (Å²) in [6.07, 6.45) is -9.23. The Balaban J connectivity index is 2.21. The third kappa shape index (κ3) is 1.81. The van der Waals surface area contributed by atoms with E-state index >= 15 is 0 Å².